The minimum atomic E-state index is -3.19. The lowest BCUT2D eigenvalue weighted by Gasteiger charge is -2.31. The molecule has 4 rings (SSSR count). The molecule has 1 saturated heterocycles. The Morgan fingerprint density at radius 2 is 1.88 bits per heavy atom. The van der Waals surface area contributed by atoms with Crippen LogP contribution in [0.4, 0.5) is 10.3 Å². The van der Waals surface area contributed by atoms with Gasteiger partial charge < -0.3 is 10.1 Å². The average Bonchev–Trinajstić information content (AvgIpc) is 3.16. The summed E-state index contributed by atoms with van der Waals surface area (Å²) in [5.41, 5.74) is 1.15. The molecule has 0 bridgehead atoms. The molecule has 12 heteroatoms. The molecule has 0 aliphatic carbocycles. The van der Waals surface area contributed by atoms with Crippen molar-refractivity contribution in [2.75, 3.05) is 31.3 Å². The van der Waals surface area contributed by atoms with Gasteiger partial charge in [-0.15, -0.1) is 0 Å². The van der Waals surface area contributed by atoms with Gasteiger partial charge in [-0.05, 0) is 50.1 Å². The van der Waals surface area contributed by atoms with Gasteiger partial charge in [0.15, 0.2) is 0 Å². The Bertz CT molecular complexity index is 1300. The predicted octanol–water partition coefficient (Wildman–Crippen LogP) is 2.06. The second-order valence-corrected chi connectivity index (χ2v) is 10.2. The van der Waals surface area contributed by atoms with Crippen LogP contribution >= 0.6 is 0 Å². The summed E-state index contributed by atoms with van der Waals surface area (Å²) in [6.07, 6.45) is 4.50. The number of halogens is 1. The van der Waals surface area contributed by atoms with Crippen LogP contribution in [0.1, 0.15) is 19.8 Å². The van der Waals surface area contributed by atoms with Crippen LogP contribution in [0.5, 0.6) is 0 Å². The molecule has 1 aliphatic heterocycles. The van der Waals surface area contributed by atoms with E-state index in [4.69, 9.17) is 4.74 Å². The van der Waals surface area contributed by atoms with Crippen molar-refractivity contribution < 1.29 is 17.5 Å². The number of benzene rings is 1. The number of nitrogens with zero attached hydrogens (tertiary/aromatic N) is 5. The van der Waals surface area contributed by atoms with Crippen LogP contribution < -0.4 is 11.0 Å². The molecule has 0 atom stereocenters. The van der Waals surface area contributed by atoms with Gasteiger partial charge in [-0.1, -0.05) is 0 Å². The average molecular weight is 491 g/mol. The first-order valence-corrected chi connectivity index (χ1v) is 12.6. The Morgan fingerprint density at radius 1 is 1.18 bits per heavy atom. The first-order valence-electron chi connectivity index (χ1n) is 11.0. The highest BCUT2D eigenvalue weighted by molar-refractivity contribution is 7.89. The summed E-state index contributed by atoms with van der Waals surface area (Å²) in [6, 6.07) is 7.34. The lowest BCUT2D eigenvalue weighted by molar-refractivity contribution is 0.128. The zero-order valence-electron chi connectivity index (χ0n) is 19.0. The molecule has 1 fully saturated rings. The molecule has 0 unspecified atom stereocenters. The van der Waals surface area contributed by atoms with Crippen molar-refractivity contribution in [1.82, 2.24) is 23.4 Å². The van der Waals surface area contributed by atoms with E-state index in [1.165, 1.54) is 44.8 Å². The third-order valence-corrected chi connectivity index (χ3v) is 7.65. The van der Waals surface area contributed by atoms with E-state index in [1.54, 1.807) is 25.4 Å². The maximum absolute atomic E-state index is 13.5. The van der Waals surface area contributed by atoms with E-state index in [2.05, 4.69) is 15.3 Å². The van der Waals surface area contributed by atoms with Crippen molar-refractivity contribution >= 4 is 16.0 Å². The number of hydrogen-bond acceptors (Lipinski definition) is 7. The molecule has 182 valence electrons. The molecule has 0 amide bonds. The van der Waals surface area contributed by atoms with Crippen molar-refractivity contribution in [3.8, 4) is 17.1 Å². The molecular formula is C22H27FN6O4S. The standard InChI is InChI=1S/C22H27FN6O4S/c1-3-34(31,32)28-12-9-17(10-13-28)25-21-24-11-8-19(26-21)20-14-27(15-33-2)22(30)29(20)18-6-4-16(23)5-7-18/h4-8,11,14,17H,3,9-10,12-13,15H2,1-2H3,(H,24,25,26). The fraction of sp³-hybridized carbons (Fsp3) is 0.409. The van der Waals surface area contributed by atoms with Crippen LogP contribution in [0.2, 0.25) is 0 Å². The van der Waals surface area contributed by atoms with E-state index in [9.17, 15) is 17.6 Å². The summed E-state index contributed by atoms with van der Waals surface area (Å²) in [6.45, 7) is 2.58. The van der Waals surface area contributed by atoms with Gasteiger partial charge in [-0.3, -0.25) is 9.13 Å². The fourth-order valence-electron chi connectivity index (χ4n) is 3.96. The predicted molar refractivity (Wildman–Crippen MR) is 126 cm³/mol. The Hall–Kier alpha value is -3.09. The molecule has 3 aromatic rings. The van der Waals surface area contributed by atoms with Crippen molar-refractivity contribution in [3.63, 3.8) is 0 Å². The fourth-order valence-corrected chi connectivity index (χ4v) is 5.09. The van der Waals surface area contributed by atoms with E-state index in [1.807, 2.05) is 0 Å². The zero-order chi connectivity index (χ0) is 24.3. The highest BCUT2D eigenvalue weighted by atomic mass is 32.2. The monoisotopic (exact) mass is 490 g/mol. The third-order valence-electron chi connectivity index (χ3n) is 5.77. The normalized spacial score (nSPS) is 15.5. The Balaban J connectivity index is 1.60. The smallest absolute Gasteiger partial charge is 0.335 e. The Morgan fingerprint density at radius 3 is 2.53 bits per heavy atom. The molecule has 2 aromatic heterocycles. The Labute approximate surface area is 197 Å². The summed E-state index contributed by atoms with van der Waals surface area (Å²) in [4.78, 5) is 21.9. The zero-order valence-corrected chi connectivity index (χ0v) is 19.8. The number of anilines is 1. The van der Waals surface area contributed by atoms with Crippen LogP contribution in [-0.4, -0.2) is 63.8 Å². The quantitative estimate of drug-likeness (QED) is 0.515. The van der Waals surface area contributed by atoms with Crippen LogP contribution in [0.15, 0.2) is 47.5 Å². The number of sulfonamides is 1. The SMILES string of the molecule is CCS(=O)(=O)N1CCC(Nc2nccc(-c3cn(COC)c(=O)n3-c3ccc(F)cc3)n2)CC1. The van der Waals surface area contributed by atoms with E-state index >= 15 is 0 Å². The number of piperidine rings is 1. The lowest BCUT2D eigenvalue weighted by Crippen LogP contribution is -2.43. The molecular weight excluding hydrogens is 463 g/mol. The van der Waals surface area contributed by atoms with Gasteiger partial charge in [0.2, 0.25) is 16.0 Å². The minimum Gasteiger partial charge on any atom is -0.364 e. The van der Waals surface area contributed by atoms with Gasteiger partial charge in [0.1, 0.15) is 12.5 Å². The lowest BCUT2D eigenvalue weighted by atomic mass is 10.1. The third kappa shape index (κ3) is 5.03. The molecule has 3 heterocycles. The molecule has 0 saturated carbocycles. The van der Waals surface area contributed by atoms with Crippen LogP contribution in [0.3, 0.4) is 0 Å². The minimum absolute atomic E-state index is 0.0240. The van der Waals surface area contributed by atoms with E-state index in [-0.39, 0.29) is 24.2 Å². The van der Waals surface area contributed by atoms with Crippen LogP contribution in [0, 0.1) is 5.82 Å². The van der Waals surface area contributed by atoms with E-state index in [0.717, 1.165) is 0 Å². The number of rotatable bonds is 8. The highest BCUT2D eigenvalue weighted by Crippen LogP contribution is 2.22. The van der Waals surface area contributed by atoms with Gasteiger partial charge in [-0.2, -0.15) is 0 Å². The van der Waals surface area contributed by atoms with Gasteiger partial charge >= 0.3 is 5.69 Å². The summed E-state index contributed by atoms with van der Waals surface area (Å²) in [7, 11) is -1.70. The Kier molecular flexibility index (Phi) is 7.10. The van der Waals surface area contributed by atoms with Crippen molar-refractivity contribution in [2.45, 2.75) is 32.5 Å². The highest BCUT2D eigenvalue weighted by Gasteiger charge is 2.27. The summed E-state index contributed by atoms with van der Waals surface area (Å²) >= 11 is 0. The number of ether oxygens (including phenoxy) is 1. The first kappa shape index (κ1) is 24.0. The van der Waals surface area contributed by atoms with Gasteiger partial charge in [-0.25, -0.2) is 31.9 Å². The summed E-state index contributed by atoms with van der Waals surface area (Å²) < 4.78 is 47.1. The number of imidazole rings is 1. The van der Waals surface area contributed by atoms with Crippen LogP contribution in [0.25, 0.3) is 17.1 Å². The maximum atomic E-state index is 13.5. The molecule has 34 heavy (non-hydrogen) atoms. The number of aromatic nitrogens is 4. The molecule has 1 aliphatic rings. The van der Waals surface area contributed by atoms with Gasteiger partial charge in [0.25, 0.3) is 0 Å². The van der Waals surface area contributed by atoms with Crippen molar-refractivity contribution in [3.05, 3.63) is 59.0 Å². The topological polar surface area (TPSA) is 111 Å². The number of hydrogen-bond donors (Lipinski definition) is 1. The molecule has 1 aromatic carbocycles. The summed E-state index contributed by atoms with van der Waals surface area (Å²) in [5.74, 6) is 0.0715. The molecule has 0 spiro atoms. The maximum Gasteiger partial charge on any atom is 0.335 e. The second-order valence-electron chi connectivity index (χ2n) is 7.98. The molecule has 1 N–H and O–H groups in total. The van der Waals surface area contributed by atoms with E-state index in [0.29, 0.717) is 49.0 Å². The van der Waals surface area contributed by atoms with Crippen LogP contribution in [-0.2, 0) is 21.5 Å². The number of nitrogens with one attached hydrogen (secondary N) is 1. The van der Waals surface area contributed by atoms with Gasteiger partial charge in [0, 0.05) is 38.6 Å². The van der Waals surface area contributed by atoms with E-state index < -0.39 is 15.8 Å². The summed E-state index contributed by atoms with van der Waals surface area (Å²) in [5, 5.41) is 3.28. The van der Waals surface area contributed by atoms with Crippen molar-refractivity contribution in [1.29, 1.82) is 0 Å². The van der Waals surface area contributed by atoms with Crippen molar-refractivity contribution in [2.24, 2.45) is 0 Å². The molecule has 10 nitrogen and oxygen atoms in total. The largest absolute Gasteiger partial charge is 0.364 e. The number of methoxy groups -OCH3 is 1. The molecule has 0 radical (unpaired) electrons. The van der Waals surface area contributed by atoms with Gasteiger partial charge in [0.05, 0.1) is 22.8 Å². The second kappa shape index (κ2) is 10.0. The first-order chi connectivity index (χ1) is 16.3.